The zero-order chi connectivity index (χ0) is 22.3. The van der Waals surface area contributed by atoms with Gasteiger partial charge >= 0.3 is 11.7 Å². The lowest BCUT2D eigenvalue weighted by molar-refractivity contribution is -0.149. The molecule has 1 aliphatic heterocycles. The van der Waals surface area contributed by atoms with E-state index in [1.807, 2.05) is 24.3 Å². The number of fused-ring (bicyclic) bond motifs is 1. The van der Waals surface area contributed by atoms with Crippen molar-refractivity contribution in [3.05, 3.63) is 64.6 Å². The van der Waals surface area contributed by atoms with Gasteiger partial charge in [0.2, 0.25) is 5.89 Å². The second-order valence-electron chi connectivity index (χ2n) is 6.94. The summed E-state index contributed by atoms with van der Waals surface area (Å²) < 4.78 is 21.8. The minimum Gasteiger partial charge on any atom is -0.486 e. The lowest BCUT2D eigenvalue weighted by Crippen LogP contribution is -2.32. The van der Waals surface area contributed by atoms with E-state index in [4.69, 9.17) is 18.6 Å². The van der Waals surface area contributed by atoms with Gasteiger partial charge in [0.25, 0.3) is 5.91 Å². The van der Waals surface area contributed by atoms with E-state index in [0.717, 1.165) is 10.2 Å². The molecule has 1 aromatic heterocycles. The predicted octanol–water partition coefficient (Wildman–Crippen LogP) is 1.18. The Morgan fingerprint density at radius 2 is 1.84 bits per heavy atom. The highest BCUT2D eigenvalue weighted by Crippen LogP contribution is 2.30. The first-order chi connectivity index (χ1) is 15.6. The summed E-state index contributed by atoms with van der Waals surface area (Å²) in [6.45, 7) is 0.476. The lowest BCUT2D eigenvalue weighted by Gasteiger charge is -2.18. The second-order valence-corrected chi connectivity index (χ2v) is 6.94. The Balaban J connectivity index is 1.20. The summed E-state index contributed by atoms with van der Waals surface area (Å²) in [6, 6.07) is 14.4. The smallest absolute Gasteiger partial charge is 0.437 e. The van der Waals surface area contributed by atoms with Gasteiger partial charge in [-0.1, -0.05) is 24.3 Å². The van der Waals surface area contributed by atoms with Gasteiger partial charge in [0.15, 0.2) is 18.1 Å². The Morgan fingerprint density at radius 1 is 1.06 bits per heavy atom. The third-order valence-corrected chi connectivity index (χ3v) is 4.61. The van der Waals surface area contributed by atoms with Crippen LogP contribution in [-0.4, -0.2) is 48.0 Å². The number of benzene rings is 2. The molecule has 0 spiro atoms. The minimum absolute atomic E-state index is 0.0975. The summed E-state index contributed by atoms with van der Waals surface area (Å²) >= 11 is 0. The van der Waals surface area contributed by atoms with Gasteiger partial charge < -0.3 is 23.9 Å². The van der Waals surface area contributed by atoms with Crippen molar-refractivity contribution in [2.75, 3.05) is 26.4 Å². The first-order valence-corrected chi connectivity index (χ1v) is 10.0. The molecule has 0 bridgehead atoms. The van der Waals surface area contributed by atoms with Gasteiger partial charge in [-0.05, 0) is 36.2 Å². The molecule has 0 saturated heterocycles. The molecule has 0 unspecified atom stereocenters. The summed E-state index contributed by atoms with van der Waals surface area (Å²) in [7, 11) is 0. The van der Waals surface area contributed by atoms with Gasteiger partial charge in [0, 0.05) is 12.1 Å². The van der Waals surface area contributed by atoms with Crippen LogP contribution in [0.25, 0.3) is 11.5 Å². The summed E-state index contributed by atoms with van der Waals surface area (Å²) in [5, 5.41) is 6.65. The number of aromatic nitrogens is 2. The Hall–Kier alpha value is -4.08. The molecule has 10 heteroatoms. The second kappa shape index (κ2) is 9.82. The zero-order valence-corrected chi connectivity index (χ0v) is 17.1. The normalized spacial score (nSPS) is 12.2. The predicted molar refractivity (Wildman–Crippen MR) is 111 cm³/mol. The van der Waals surface area contributed by atoms with Crippen molar-refractivity contribution in [2.24, 2.45) is 0 Å². The summed E-state index contributed by atoms with van der Waals surface area (Å²) in [6.07, 6.45) is 0.576. The van der Waals surface area contributed by atoms with Crippen LogP contribution < -0.4 is 20.5 Å². The molecule has 0 atom stereocenters. The van der Waals surface area contributed by atoms with Crippen LogP contribution in [0.4, 0.5) is 0 Å². The molecule has 32 heavy (non-hydrogen) atoms. The minimum atomic E-state index is -0.787. The van der Waals surface area contributed by atoms with Crippen LogP contribution in [0.1, 0.15) is 5.56 Å². The monoisotopic (exact) mass is 439 g/mol. The number of ether oxygens (including phenoxy) is 3. The molecule has 0 saturated carbocycles. The fourth-order valence-corrected chi connectivity index (χ4v) is 3.06. The van der Waals surface area contributed by atoms with E-state index in [1.54, 1.807) is 24.3 Å². The molecule has 10 nitrogen and oxygen atoms in total. The highest BCUT2D eigenvalue weighted by molar-refractivity contribution is 5.80. The maximum Gasteiger partial charge on any atom is 0.437 e. The number of rotatable bonds is 8. The molecular weight excluding hydrogens is 418 g/mol. The Kier molecular flexibility index (Phi) is 6.49. The van der Waals surface area contributed by atoms with Gasteiger partial charge in [-0.15, -0.1) is 5.10 Å². The average Bonchev–Trinajstić information content (AvgIpc) is 3.18. The third-order valence-electron chi connectivity index (χ3n) is 4.61. The van der Waals surface area contributed by atoms with Crippen LogP contribution in [-0.2, 0) is 27.3 Å². The number of carbonyl (C=O) groups excluding carboxylic acids is 2. The summed E-state index contributed by atoms with van der Waals surface area (Å²) in [5.74, 6) is -0.522. The van der Waals surface area contributed by atoms with E-state index < -0.39 is 30.8 Å². The van der Waals surface area contributed by atoms with Crippen LogP contribution in [0.15, 0.2) is 57.7 Å². The van der Waals surface area contributed by atoms with Crippen LogP contribution in [0.2, 0.25) is 0 Å². The zero-order valence-electron chi connectivity index (χ0n) is 17.1. The number of esters is 1. The quantitative estimate of drug-likeness (QED) is 0.519. The van der Waals surface area contributed by atoms with Crippen LogP contribution in [0, 0.1) is 0 Å². The molecule has 0 fully saturated rings. The van der Waals surface area contributed by atoms with Gasteiger partial charge in [-0.3, -0.25) is 9.59 Å². The van der Waals surface area contributed by atoms with E-state index in [2.05, 4.69) is 10.4 Å². The van der Waals surface area contributed by atoms with E-state index in [-0.39, 0.29) is 5.89 Å². The number of carbonyl (C=O) groups is 2. The van der Waals surface area contributed by atoms with Crippen molar-refractivity contribution < 1.29 is 28.2 Å². The fraction of sp³-hybridized carbons (Fsp3) is 0.273. The largest absolute Gasteiger partial charge is 0.486 e. The van der Waals surface area contributed by atoms with E-state index >= 15 is 0 Å². The Labute approximate surface area is 182 Å². The maximum absolute atomic E-state index is 12.0. The lowest BCUT2D eigenvalue weighted by atomic mass is 10.1. The number of hydrogen-bond acceptors (Lipinski definition) is 8. The van der Waals surface area contributed by atoms with Crippen molar-refractivity contribution in [3.8, 4) is 23.0 Å². The van der Waals surface area contributed by atoms with Crippen molar-refractivity contribution in [3.63, 3.8) is 0 Å². The average molecular weight is 439 g/mol. The third kappa shape index (κ3) is 5.34. The van der Waals surface area contributed by atoms with E-state index in [9.17, 15) is 14.4 Å². The first kappa shape index (κ1) is 21.2. The van der Waals surface area contributed by atoms with Crippen molar-refractivity contribution >= 4 is 11.9 Å². The Morgan fingerprint density at radius 3 is 2.66 bits per heavy atom. The van der Waals surface area contributed by atoms with Crippen molar-refractivity contribution in [1.29, 1.82) is 0 Å². The molecule has 2 heterocycles. The van der Waals surface area contributed by atoms with Crippen LogP contribution in [0.5, 0.6) is 11.5 Å². The number of hydrogen-bond donors (Lipinski definition) is 1. The van der Waals surface area contributed by atoms with Gasteiger partial charge in [-0.25, -0.2) is 4.79 Å². The van der Waals surface area contributed by atoms with Crippen molar-refractivity contribution in [2.45, 2.75) is 13.0 Å². The molecule has 166 valence electrons. The van der Waals surface area contributed by atoms with Gasteiger partial charge in [0.05, 0.1) is 0 Å². The highest BCUT2D eigenvalue weighted by atomic mass is 16.6. The molecule has 4 rings (SSSR count). The number of amides is 1. The van der Waals surface area contributed by atoms with Crippen LogP contribution >= 0.6 is 0 Å². The molecule has 1 N–H and O–H groups in total. The molecular formula is C22H21N3O7. The SMILES string of the molecule is O=C(COC(=O)Cn1nc(-c2ccccc2)oc1=O)NCCc1ccc2c(c1)OCCO2. The van der Waals surface area contributed by atoms with E-state index in [1.165, 1.54) is 0 Å². The molecule has 0 aliphatic carbocycles. The standard InChI is InChI=1S/C22H21N3O7/c26-19(23-9-8-15-6-7-17-18(12-15)30-11-10-29-17)14-31-20(27)13-25-22(28)32-21(24-25)16-4-2-1-3-5-16/h1-7,12H,8-11,13-14H2,(H,23,26). The van der Waals surface area contributed by atoms with Crippen LogP contribution in [0.3, 0.4) is 0 Å². The number of nitrogens with one attached hydrogen (secondary N) is 1. The van der Waals surface area contributed by atoms with Gasteiger partial charge in [-0.2, -0.15) is 4.68 Å². The topological polar surface area (TPSA) is 122 Å². The fourth-order valence-electron chi connectivity index (χ4n) is 3.06. The molecule has 1 aliphatic rings. The maximum atomic E-state index is 12.0. The molecule has 3 aromatic rings. The Bertz CT molecular complexity index is 1150. The molecule has 0 radical (unpaired) electrons. The van der Waals surface area contributed by atoms with Gasteiger partial charge in [0.1, 0.15) is 19.8 Å². The summed E-state index contributed by atoms with van der Waals surface area (Å²) in [5.41, 5.74) is 1.58. The van der Waals surface area contributed by atoms with E-state index in [0.29, 0.717) is 43.2 Å². The first-order valence-electron chi connectivity index (χ1n) is 10.0. The summed E-state index contributed by atoms with van der Waals surface area (Å²) in [4.78, 5) is 35.8. The van der Waals surface area contributed by atoms with Crippen molar-refractivity contribution in [1.82, 2.24) is 15.1 Å². The highest BCUT2D eigenvalue weighted by Gasteiger charge is 2.15. The molecule has 2 aromatic carbocycles. The molecule has 1 amide bonds. The number of nitrogens with zero attached hydrogens (tertiary/aromatic N) is 2.